The Kier molecular flexibility index (Phi) is 4.35. The number of aryl methyl sites for hydroxylation is 2. The van der Waals surface area contributed by atoms with E-state index in [0.717, 1.165) is 69.9 Å². The molecule has 3 fully saturated rings. The molecule has 3 atom stereocenters. The molecule has 24 heavy (non-hydrogen) atoms. The van der Waals surface area contributed by atoms with E-state index in [9.17, 15) is 4.79 Å². The molecule has 6 nitrogen and oxygen atoms in total. The summed E-state index contributed by atoms with van der Waals surface area (Å²) >= 11 is 0. The first-order valence-corrected chi connectivity index (χ1v) is 9.20. The number of hydrogen-bond acceptors (Lipinski definition) is 5. The normalized spacial score (nSPS) is 30.8. The molecule has 0 unspecified atom stereocenters. The largest absolute Gasteiger partial charge is 0.364 e. The number of rotatable bonds is 3. The van der Waals surface area contributed by atoms with Crippen LogP contribution in [-0.2, 0) is 16.1 Å². The van der Waals surface area contributed by atoms with Gasteiger partial charge in [0.25, 0.3) is 5.91 Å². The lowest BCUT2D eigenvalue weighted by atomic mass is 9.91. The van der Waals surface area contributed by atoms with Gasteiger partial charge in [0.2, 0.25) is 0 Å². The van der Waals surface area contributed by atoms with Crippen LogP contribution in [0.2, 0.25) is 0 Å². The van der Waals surface area contributed by atoms with Crippen molar-refractivity contribution < 1.29 is 14.1 Å². The van der Waals surface area contributed by atoms with E-state index in [1.807, 2.05) is 18.7 Å². The molecule has 0 N–H and O–H groups in total. The lowest BCUT2D eigenvalue weighted by molar-refractivity contribution is -0.142. The molecule has 3 saturated heterocycles. The van der Waals surface area contributed by atoms with Gasteiger partial charge in [-0.25, -0.2) is 0 Å². The van der Waals surface area contributed by atoms with Crippen molar-refractivity contribution in [3.05, 3.63) is 17.0 Å². The van der Waals surface area contributed by atoms with Gasteiger partial charge in [-0.3, -0.25) is 9.69 Å². The number of ether oxygens (including phenoxy) is 1. The predicted octanol–water partition coefficient (Wildman–Crippen LogP) is 1.89. The van der Waals surface area contributed by atoms with Crippen LogP contribution >= 0.6 is 0 Å². The monoisotopic (exact) mass is 333 g/mol. The number of carbonyl (C=O) groups excluding carboxylic acids is 1. The maximum atomic E-state index is 12.6. The Morgan fingerprint density at radius 2 is 2.04 bits per heavy atom. The molecule has 0 radical (unpaired) electrons. The second-order valence-corrected chi connectivity index (χ2v) is 7.52. The van der Waals surface area contributed by atoms with E-state index in [2.05, 4.69) is 10.1 Å². The van der Waals surface area contributed by atoms with Gasteiger partial charge in [0.05, 0.1) is 11.8 Å². The zero-order valence-corrected chi connectivity index (χ0v) is 14.7. The topological polar surface area (TPSA) is 58.8 Å². The Morgan fingerprint density at radius 3 is 2.75 bits per heavy atom. The molecule has 1 amide bonds. The Labute approximate surface area is 143 Å². The van der Waals surface area contributed by atoms with E-state index in [1.54, 1.807) is 0 Å². The van der Waals surface area contributed by atoms with E-state index in [1.165, 1.54) is 5.56 Å². The van der Waals surface area contributed by atoms with Gasteiger partial charge >= 0.3 is 0 Å². The lowest BCUT2D eigenvalue weighted by Crippen LogP contribution is -2.42. The maximum absolute atomic E-state index is 12.6. The Hall–Kier alpha value is -1.40. The summed E-state index contributed by atoms with van der Waals surface area (Å²) in [5.74, 6) is 1.66. The van der Waals surface area contributed by atoms with Crippen LogP contribution in [-0.4, -0.2) is 59.3 Å². The van der Waals surface area contributed by atoms with E-state index in [4.69, 9.17) is 9.26 Å². The van der Waals surface area contributed by atoms with E-state index in [0.29, 0.717) is 5.92 Å². The smallest absolute Gasteiger partial charge is 0.251 e. The van der Waals surface area contributed by atoms with Gasteiger partial charge in [0, 0.05) is 31.7 Å². The number of fused-ring (bicyclic) bond motifs is 1. The zero-order chi connectivity index (χ0) is 16.7. The summed E-state index contributed by atoms with van der Waals surface area (Å²) in [5, 5.41) is 4.04. The van der Waals surface area contributed by atoms with Crippen molar-refractivity contribution in [2.45, 2.75) is 58.3 Å². The molecule has 4 heterocycles. The van der Waals surface area contributed by atoms with Gasteiger partial charge < -0.3 is 14.2 Å². The molecule has 6 heteroatoms. The average molecular weight is 333 g/mol. The number of likely N-dealkylation sites (tertiary alicyclic amines) is 2. The van der Waals surface area contributed by atoms with Crippen LogP contribution in [0.5, 0.6) is 0 Å². The highest BCUT2D eigenvalue weighted by Gasteiger charge is 2.43. The van der Waals surface area contributed by atoms with Crippen LogP contribution in [0.3, 0.4) is 0 Å². The summed E-state index contributed by atoms with van der Waals surface area (Å²) in [6.45, 7) is 8.60. The van der Waals surface area contributed by atoms with Crippen molar-refractivity contribution in [2.24, 2.45) is 5.92 Å². The molecule has 3 aliphatic heterocycles. The third-order valence-corrected chi connectivity index (χ3v) is 5.89. The van der Waals surface area contributed by atoms with E-state index < -0.39 is 0 Å². The summed E-state index contributed by atoms with van der Waals surface area (Å²) in [6, 6.07) is 0. The lowest BCUT2D eigenvalue weighted by Gasteiger charge is -2.33. The first kappa shape index (κ1) is 16.1. The number of amides is 1. The van der Waals surface area contributed by atoms with E-state index >= 15 is 0 Å². The van der Waals surface area contributed by atoms with Gasteiger partial charge in [0.1, 0.15) is 11.9 Å². The summed E-state index contributed by atoms with van der Waals surface area (Å²) in [7, 11) is 0. The highest BCUT2D eigenvalue weighted by molar-refractivity contribution is 5.81. The van der Waals surface area contributed by atoms with Crippen molar-refractivity contribution >= 4 is 5.91 Å². The number of carbonyl (C=O) groups is 1. The molecule has 0 aromatic carbocycles. The van der Waals surface area contributed by atoms with Crippen molar-refractivity contribution in [3.8, 4) is 0 Å². The molecule has 0 saturated carbocycles. The second-order valence-electron chi connectivity index (χ2n) is 7.52. The maximum Gasteiger partial charge on any atom is 0.251 e. The van der Waals surface area contributed by atoms with Crippen LogP contribution < -0.4 is 0 Å². The minimum absolute atomic E-state index is 0.191. The third kappa shape index (κ3) is 2.97. The van der Waals surface area contributed by atoms with Gasteiger partial charge in [-0.2, -0.15) is 0 Å². The van der Waals surface area contributed by atoms with Crippen molar-refractivity contribution in [3.63, 3.8) is 0 Å². The first-order valence-electron chi connectivity index (χ1n) is 9.20. The minimum Gasteiger partial charge on any atom is -0.364 e. The van der Waals surface area contributed by atoms with Crippen molar-refractivity contribution in [2.75, 3.05) is 26.2 Å². The van der Waals surface area contributed by atoms with Gasteiger partial charge in [-0.05, 0) is 52.0 Å². The molecule has 132 valence electrons. The number of piperidine rings is 1. The van der Waals surface area contributed by atoms with Crippen LogP contribution in [0, 0.1) is 19.8 Å². The fourth-order valence-electron chi connectivity index (χ4n) is 4.39. The van der Waals surface area contributed by atoms with Crippen LogP contribution in [0.1, 0.15) is 42.7 Å². The Bertz CT molecular complexity index is 589. The summed E-state index contributed by atoms with van der Waals surface area (Å²) in [6.07, 6.45) is 4.26. The molecular formula is C18H27N3O3. The third-order valence-electron chi connectivity index (χ3n) is 5.89. The van der Waals surface area contributed by atoms with Gasteiger partial charge in [-0.1, -0.05) is 5.16 Å². The molecule has 4 rings (SSSR count). The minimum atomic E-state index is -0.211. The van der Waals surface area contributed by atoms with Gasteiger partial charge in [-0.15, -0.1) is 0 Å². The van der Waals surface area contributed by atoms with Crippen LogP contribution in [0.4, 0.5) is 0 Å². The average Bonchev–Trinajstić information content (AvgIpc) is 3.30. The molecule has 1 aromatic rings. The molecule has 0 aliphatic carbocycles. The van der Waals surface area contributed by atoms with Gasteiger partial charge in [0.15, 0.2) is 0 Å². The molecule has 0 spiro atoms. The van der Waals surface area contributed by atoms with Crippen LogP contribution in [0.15, 0.2) is 4.52 Å². The SMILES string of the molecule is Cc1noc(C)c1CN1CC[C@H]2C[C@@H](C(=O)N3CCCC3)O[C@@H]2C1. The quantitative estimate of drug-likeness (QED) is 0.845. The van der Waals surface area contributed by atoms with Crippen molar-refractivity contribution in [1.82, 2.24) is 15.0 Å². The fourth-order valence-corrected chi connectivity index (χ4v) is 4.39. The fraction of sp³-hybridized carbons (Fsp3) is 0.778. The number of aromatic nitrogens is 1. The first-order chi connectivity index (χ1) is 11.6. The molecule has 1 aromatic heterocycles. The highest BCUT2D eigenvalue weighted by atomic mass is 16.5. The summed E-state index contributed by atoms with van der Waals surface area (Å²) in [5.41, 5.74) is 2.17. The summed E-state index contributed by atoms with van der Waals surface area (Å²) < 4.78 is 11.4. The standard InChI is InChI=1S/C18H27N3O3/c1-12-15(13(2)24-19-12)10-20-8-5-14-9-16(23-17(14)11-20)18(22)21-6-3-4-7-21/h14,16-17H,3-11H2,1-2H3/t14-,16-,17+/m0/s1. The van der Waals surface area contributed by atoms with Crippen molar-refractivity contribution in [1.29, 1.82) is 0 Å². The number of nitrogens with zero attached hydrogens (tertiary/aromatic N) is 3. The molecule has 0 bridgehead atoms. The highest BCUT2D eigenvalue weighted by Crippen LogP contribution is 2.35. The zero-order valence-electron chi connectivity index (χ0n) is 14.7. The number of hydrogen-bond donors (Lipinski definition) is 0. The molecular weight excluding hydrogens is 306 g/mol. The Balaban J connectivity index is 1.36. The van der Waals surface area contributed by atoms with E-state index in [-0.39, 0.29) is 18.1 Å². The Morgan fingerprint density at radius 1 is 1.25 bits per heavy atom. The molecule has 3 aliphatic rings. The predicted molar refractivity (Wildman–Crippen MR) is 88.5 cm³/mol. The second kappa shape index (κ2) is 6.48. The summed E-state index contributed by atoms with van der Waals surface area (Å²) in [4.78, 5) is 17.0. The van der Waals surface area contributed by atoms with Crippen LogP contribution in [0.25, 0.3) is 0 Å².